The van der Waals surface area contributed by atoms with Crippen molar-refractivity contribution in [2.75, 3.05) is 10.6 Å². The molecule has 1 aliphatic rings. The molecule has 0 aromatic carbocycles. The number of nitrogens with one attached hydrogen (secondary N) is 2. The molecule has 10 nitrogen and oxygen atoms in total. The number of halogens is 4. The van der Waals surface area contributed by atoms with E-state index in [2.05, 4.69) is 30.9 Å². The molecule has 0 radical (unpaired) electrons. The molecule has 0 spiro atoms. The van der Waals surface area contributed by atoms with Crippen molar-refractivity contribution in [1.82, 2.24) is 25.0 Å². The van der Waals surface area contributed by atoms with Gasteiger partial charge in [0.25, 0.3) is 6.43 Å². The summed E-state index contributed by atoms with van der Waals surface area (Å²) in [6.45, 7) is 1.34. The number of hydrogen-bond donors (Lipinski definition) is 2. The Bertz CT molecular complexity index is 1260. The Morgan fingerprint density at radius 1 is 1.14 bits per heavy atom. The van der Waals surface area contributed by atoms with Gasteiger partial charge in [-0.15, -0.1) is 5.10 Å². The van der Waals surface area contributed by atoms with Gasteiger partial charge in [-0.25, -0.2) is 27.6 Å². The highest BCUT2D eigenvalue weighted by Crippen LogP contribution is 2.51. The van der Waals surface area contributed by atoms with Crippen LogP contribution in [0.3, 0.4) is 0 Å². The van der Waals surface area contributed by atoms with Crippen molar-refractivity contribution in [2.24, 2.45) is 12.5 Å². The van der Waals surface area contributed by atoms with Crippen LogP contribution in [-0.4, -0.2) is 43.4 Å². The van der Waals surface area contributed by atoms with Gasteiger partial charge in [0.05, 0.1) is 29.3 Å². The molecule has 0 aliphatic heterocycles. The van der Waals surface area contributed by atoms with E-state index in [1.807, 2.05) is 0 Å². The number of anilines is 2. The quantitative estimate of drug-likeness (QED) is 0.379. The second-order valence-electron chi connectivity index (χ2n) is 7.96. The average molecular weight is 493 g/mol. The van der Waals surface area contributed by atoms with Gasteiger partial charge in [-0.2, -0.15) is 4.39 Å². The number of nitrogens with zero attached hydrogens (tertiary/aromatic N) is 5. The molecule has 1 fully saturated rings. The number of ether oxygens (including phenoxy) is 1. The van der Waals surface area contributed by atoms with Crippen LogP contribution < -0.4 is 10.6 Å². The molecule has 35 heavy (non-hydrogen) atoms. The van der Waals surface area contributed by atoms with Gasteiger partial charge < -0.3 is 10.1 Å². The molecule has 14 heteroatoms. The lowest BCUT2D eigenvalue weighted by Gasteiger charge is -2.15. The fourth-order valence-corrected chi connectivity index (χ4v) is 3.29. The molecule has 184 valence electrons. The summed E-state index contributed by atoms with van der Waals surface area (Å²) < 4.78 is 59.7. The van der Waals surface area contributed by atoms with Gasteiger partial charge in [0.15, 0.2) is 11.5 Å². The minimum Gasteiger partial charge on any atom is -0.441 e. The lowest BCUT2D eigenvalue weighted by atomic mass is 10.1. The number of pyridine rings is 2. The number of aromatic nitrogens is 5. The van der Waals surface area contributed by atoms with Crippen LogP contribution in [0.2, 0.25) is 0 Å². The highest BCUT2D eigenvalue weighted by molar-refractivity contribution is 5.97. The van der Waals surface area contributed by atoms with Gasteiger partial charge in [0, 0.05) is 7.05 Å². The van der Waals surface area contributed by atoms with E-state index in [9.17, 15) is 27.2 Å². The predicted molar refractivity (Wildman–Crippen MR) is 113 cm³/mol. The standard InChI is InChI=1S/C21H19F4N7O3/c1-10(13-7-11(22)8-27-16(13)23)35-20(34)29-17-15(30-31-32(17)2)14-4-3-12(9-26-14)28-19(33)21(5-6-21)18(24)25/h3-4,7-10,18H,5-6H2,1-2H3,(H,28,33)(H,29,34)/t10-/m1/s1. The second kappa shape index (κ2) is 9.27. The molecule has 1 saturated carbocycles. The Morgan fingerprint density at radius 3 is 2.51 bits per heavy atom. The molecular weight excluding hydrogens is 474 g/mol. The largest absolute Gasteiger partial charge is 0.441 e. The summed E-state index contributed by atoms with van der Waals surface area (Å²) in [5, 5.41) is 12.6. The second-order valence-corrected chi connectivity index (χ2v) is 7.96. The number of carbonyl (C=O) groups excluding carboxylic acids is 2. The Hall–Kier alpha value is -4.10. The fourth-order valence-electron chi connectivity index (χ4n) is 3.29. The Balaban J connectivity index is 1.45. The topological polar surface area (TPSA) is 124 Å². The first-order chi connectivity index (χ1) is 16.6. The first-order valence-electron chi connectivity index (χ1n) is 10.3. The van der Waals surface area contributed by atoms with Gasteiger partial charge in [-0.05, 0) is 38.0 Å². The van der Waals surface area contributed by atoms with E-state index < -0.39 is 41.7 Å². The van der Waals surface area contributed by atoms with E-state index in [-0.39, 0.29) is 41.3 Å². The Kier molecular flexibility index (Phi) is 6.37. The average Bonchev–Trinajstić information content (AvgIpc) is 3.56. The van der Waals surface area contributed by atoms with Crippen LogP contribution >= 0.6 is 0 Å². The summed E-state index contributed by atoms with van der Waals surface area (Å²) in [4.78, 5) is 31.9. The molecule has 0 saturated heterocycles. The summed E-state index contributed by atoms with van der Waals surface area (Å²) in [6, 6.07) is 3.77. The van der Waals surface area contributed by atoms with Crippen LogP contribution in [-0.2, 0) is 16.6 Å². The van der Waals surface area contributed by atoms with Crippen molar-refractivity contribution in [1.29, 1.82) is 0 Å². The third-order valence-electron chi connectivity index (χ3n) is 5.52. The first kappa shape index (κ1) is 24.0. The monoisotopic (exact) mass is 493 g/mol. The number of amides is 2. The van der Waals surface area contributed by atoms with Gasteiger partial charge in [-0.1, -0.05) is 5.21 Å². The molecule has 3 aromatic rings. The van der Waals surface area contributed by atoms with Crippen LogP contribution in [0.25, 0.3) is 11.4 Å². The van der Waals surface area contributed by atoms with Crippen LogP contribution in [0.4, 0.5) is 33.9 Å². The number of aryl methyl sites for hydroxylation is 1. The summed E-state index contributed by atoms with van der Waals surface area (Å²) in [5.74, 6) is -2.46. The van der Waals surface area contributed by atoms with E-state index in [4.69, 9.17) is 4.74 Å². The molecule has 2 N–H and O–H groups in total. The molecule has 2 amide bonds. The zero-order chi connectivity index (χ0) is 25.3. The van der Waals surface area contributed by atoms with Gasteiger partial charge in [0.2, 0.25) is 11.9 Å². The molecule has 4 rings (SSSR count). The minimum atomic E-state index is -2.75. The zero-order valence-electron chi connectivity index (χ0n) is 18.4. The van der Waals surface area contributed by atoms with Crippen molar-refractivity contribution in [3.8, 4) is 11.4 Å². The number of alkyl halides is 2. The van der Waals surface area contributed by atoms with Crippen LogP contribution in [0, 0.1) is 17.2 Å². The molecule has 3 aromatic heterocycles. The fraction of sp³-hybridized carbons (Fsp3) is 0.333. The summed E-state index contributed by atoms with van der Waals surface area (Å²) in [6.07, 6.45) is -2.72. The lowest BCUT2D eigenvalue weighted by molar-refractivity contribution is -0.126. The van der Waals surface area contributed by atoms with Crippen LogP contribution in [0.15, 0.2) is 30.6 Å². The van der Waals surface area contributed by atoms with Gasteiger partial charge in [0.1, 0.15) is 17.3 Å². The van der Waals surface area contributed by atoms with Crippen molar-refractivity contribution in [3.63, 3.8) is 0 Å². The summed E-state index contributed by atoms with van der Waals surface area (Å²) >= 11 is 0. The van der Waals surface area contributed by atoms with Crippen molar-refractivity contribution in [3.05, 3.63) is 47.9 Å². The normalized spacial score (nSPS) is 14.9. The lowest BCUT2D eigenvalue weighted by Crippen LogP contribution is -2.30. The van der Waals surface area contributed by atoms with Crippen LogP contribution in [0.1, 0.15) is 31.4 Å². The molecule has 0 bridgehead atoms. The summed E-state index contributed by atoms with van der Waals surface area (Å²) in [5.41, 5.74) is -1.30. The molecular formula is C21H19F4N7O3. The van der Waals surface area contributed by atoms with E-state index >= 15 is 0 Å². The molecule has 3 heterocycles. The minimum absolute atomic E-state index is 0.0824. The molecule has 1 aliphatic carbocycles. The Morgan fingerprint density at radius 2 is 1.89 bits per heavy atom. The van der Waals surface area contributed by atoms with Crippen molar-refractivity contribution >= 4 is 23.5 Å². The van der Waals surface area contributed by atoms with Crippen molar-refractivity contribution < 1.29 is 31.9 Å². The number of carbonyl (C=O) groups is 2. The van der Waals surface area contributed by atoms with Crippen LogP contribution in [0.5, 0.6) is 0 Å². The number of hydrogen-bond acceptors (Lipinski definition) is 7. The molecule has 0 unspecified atom stereocenters. The number of rotatable bonds is 7. The van der Waals surface area contributed by atoms with E-state index in [0.717, 1.165) is 6.07 Å². The van der Waals surface area contributed by atoms with E-state index in [1.165, 1.54) is 37.0 Å². The van der Waals surface area contributed by atoms with Crippen molar-refractivity contribution in [2.45, 2.75) is 32.3 Å². The van der Waals surface area contributed by atoms with Gasteiger partial charge >= 0.3 is 6.09 Å². The van der Waals surface area contributed by atoms with E-state index in [0.29, 0.717) is 6.20 Å². The smallest absolute Gasteiger partial charge is 0.413 e. The maximum absolute atomic E-state index is 13.8. The highest BCUT2D eigenvalue weighted by atomic mass is 19.3. The third-order valence-corrected chi connectivity index (χ3v) is 5.52. The van der Waals surface area contributed by atoms with E-state index in [1.54, 1.807) is 0 Å². The zero-order valence-corrected chi connectivity index (χ0v) is 18.4. The SMILES string of the molecule is C[C@@H](OC(=O)Nc1c(-c2ccc(NC(=O)C3(C(F)F)CC3)cn2)nnn1C)c1cc(F)cnc1F. The van der Waals surface area contributed by atoms with Gasteiger partial charge in [-0.3, -0.25) is 15.1 Å². The maximum Gasteiger partial charge on any atom is 0.413 e. The highest BCUT2D eigenvalue weighted by Gasteiger charge is 2.57. The predicted octanol–water partition coefficient (Wildman–Crippen LogP) is 3.84. The summed E-state index contributed by atoms with van der Waals surface area (Å²) in [7, 11) is 1.49. The third kappa shape index (κ3) is 4.90. The first-order valence-corrected chi connectivity index (χ1v) is 10.3. The Labute approximate surface area is 195 Å². The maximum atomic E-state index is 13.8. The molecule has 1 atom stereocenters.